The van der Waals surface area contributed by atoms with Crippen molar-refractivity contribution in [3.05, 3.63) is 114 Å². The van der Waals surface area contributed by atoms with Gasteiger partial charge in [-0.3, -0.25) is 4.79 Å². The fraction of sp³-hybridized carbons (Fsp3) is 0.172. The van der Waals surface area contributed by atoms with E-state index in [0.29, 0.717) is 23.8 Å². The number of nitrogens with zero attached hydrogens (tertiary/aromatic N) is 2. The third kappa shape index (κ3) is 10.6. The molecule has 4 aromatic rings. The van der Waals surface area contributed by atoms with Gasteiger partial charge in [0.2, 0.25) is 11.9 Å². The van der Waals surface area contributed by atoms with Crippen LogP contribution in [0.1, 0.15) is 16.8 Å². The summed E-state index contributed by atoms with van der Waals surface area (Å²) in [5.74, 6) is -2.32. The lowest BCUT2D eigenvalue weighted by atomic mass is 10.0. The van der Waals surface area contributed by atoms with Gasteiger partial charge in [0.05, 0.1) is 0 Å². The van der Waals surface area contributed by atoms with E-state index in [1.807, 2.05) is 67.6 Å². The normalized spacial score (nSPS) is 11.4. The van der Waals surface area contributed by atoms with E-state index in [0.717, 1.165) is 16.9 Å². The van der Waals surface area contributed by atoms with Crippen molar-refractivity contribution < 1.29 is 32.3 Å². The van der Waals surface area contributed by atoms with Crippen LogP contribution in [-0.2, 0) is 22.6 Å². The summed E-state index contributed by atoms with van der Waals surface area (Å²) >= 11 is 0. The number of amides is 1. The van der Waals surface area contributed by atoms with Crippen LogP contribution in [0.2, 0.25) is 0 Å². The minimum atomic E-state index is -5.08. The zero-order chi connectivity index (χ0) is 29.8. The Labute approximate surface area is 233 Å². The second-order valence-electron chi connectivity index (χ2n) is 8.75. The third-order valence-electron chi connectivity index (χ3n) is 5.40. The topological polar surface area (TPSA) is 116 Å². The number of para-hydroxylation sites is 1. The molecule has 12 heteroatoms. The molecule has 1 heterocycles. The summed E-state index contributed by atoms with van der Waals surface area (Å²) in [7, 11) is 0. The van der Waals surface area contributed by atoms with Gasteiger partial charge in [-0.1, -0.05) is 60.7 Å². The summed E-state index contributed by atoms with van der Waals surface area (Å²) in [6, 6.07) is 26.8. The van der Waals surface area contributed by atoms with Gasteiger partial charge in [-0.05, 0) is 42.3 Å². The van der Waals surface area contributed by atoms with Crippen molar-refractivity contribution in [2.24, 2.45) is 0 Å². The number of carbonyl (C=O) groups excluding carboxylic acids is 1. The number of carboxylic acid groups (broad SMARTS) is 1. The first-order valence-electron chi connectivity index (χ1n) is 12.3. The molecule has 1 aromatic heterocycles. The standard InChI is InChI=1S/C27H26FN5O.C2HF3O2/c1-19-15-25(33-27(30-19)31-23-13-6-3-7-14-23)32-24(17-20-9-4-2-5-10-20)26(34)29-18-21-11-8-12-22(28)16-21;3-2(4,5)1(6)7/h2-16,24H,17-18H2,1H3,(H,29,34)(H2,30,31,32,33);(H,6,7)/t24-;/m0./s1. The maximum Gasteiger partial charge on any atom is 0.490 e. The molecule has 0 saturated carbocycles. The summed E-state index contributed by atoms with van der Waals surface area (Å²) in [6.07, 6.45) is -4.62. The number of hydrogen-bond donors (Lipinski definition) is 4. The van der Waals surface area contributed by atoms with E-state index in [-0.39, 0.29) is 18.3 Å². The van der Waals surface area contributed by atoms with Crippen LogP contribution in [0.4, 0.5) is 35.0 Å². The summed E-state index contributed by atoms with van der Waals surface area (Å²) in [4.78, 5) is 31.1. The molecule has 0 saturated heterocycles. The molecule has 4 N–H and O–H groups in total. The Bertz CT molecular complexity index is 1440. The number of carboxylic acids is 1. The monoisotopic (exact) mass is 569 g/mol. The minimum Gasteiger partial charge on any atom is -0.475 e. The van der Waals surface area contributed by atoms with Crippen LogP contribution in [0.15, 0.2) is 91.0 Å². The van der Waals surface area contributed by atoms with Crippen LogP contribution in [0, 0.1) is 12.7 Å². The van der Waals surface area contributed by atoms with Crippen LogP contribution in [-0.4, -0.2) is 39.2 Å². The SMILES string of the molecule is Cc1cc(N[C@@H](Cc2ccccc2)C(=O)NCc2cccc(F)c2)nc(Nc2ccccc2)n1.O=C(O)C(F)(F)F. The average Bonchev–Trinajstić information content (AvgIpc) is 2.92. The molecule has 214 valence electrons. The number of nitrogens with one attached hydrogen (secondary N) is 3. The highest BCUT2D eigenvalue weighted by atomic mass is 19.4. The molecule has 0 radical (unpaired) electrons. The number of aliphatic carboxylic acids is 1. The quantitative estimate of drug-likeness (QED) is 0.193. The van der Waals surface area contributed by atoms with Crippen molar-refractivity contribution in [3.63, 3.8) is 0 Å². The zero-order valence-corrected chi connectivity index (χ0v) is 21.8. The molecule has 0 fully saturated rings. The lowest BCUT2D eigenvalue weighted by molar-refractivity contribution is -0.192. The Kier molecular flexibility index (Phi) is 10.7. The van der Waals surface area contributed by atoms with Gasteiger partial charge in [-0.25, -0.2) is 14.2 Å². The van der Waals surface area contributed by atoms with Gasteiger partial charge < -0.3 is 21.1 Å². The molecule has 0 aliphatic carbocycles. The molecule has 0 unspecified atom stereocenters. The van der Waals surface area contributed by atoms with E-state index in [1.165, 1.54) is 12.1 Å². The van der Waals surface area contributed by atoms with Crippen molar-refractivity contribution >= 4 is 29.3 Å². The first-order chi connectivity index (χ1) is 19.5. The maximum atomic E-state index is 13.5. The van der Waals surface area contributed by atoms with Gasteiger partial charge >= 0.3 is 12.1 Å². The fourth-order valence-electron chi connectivity index (χ4n) is 3.55. The average molecular weight is 570 g/mol. The summed E-state index contributed by atoms with van der Waals surface area (Å²) < 4.78 is 45.2. The Morgan fingerprint density at radius 1 is 0.878 bits per heavy atom. The number of hydrogen-bond acceptors (Lipinski definition) is 6. The van der Waals surface area contributed by atoms with Crippen molar-refractivity contribution in [1.29, 1.82) is 0 Å². The Morgan fingerprint density at radius 3 is 2.10 bits per heavy atom. The molecule has 8 nitrogen and oxygen atoms in total. The largest absolute Gasteiger partial charge is 0.490 e. The molecule has 1 amide bonds. The van der Waals surface area contributed by atoms with Gasteiger partial charge in [0.1, 0.15) is 17.7 Å². The van der Waals surface area contributed by atoms with Gasteiger partial charge in [-0.15, -0.1) is 0 Å². The van der Waals surface area contributed by atoms with Gasteiger partial charge in [-0.2, -0.15) is 18.2 Å². The molecular formula is C29H27F4N5O3. The molecule has 41 heavy (non-hydrogen) atoms. The van der Waals surface area contributed by atoms with Crippen LogP contribution >= 0.6 is 0 Å². The van der Waals surface area contributed by atoms with Crippen LogP contribution < -0.4 is 16.0 Å². The smallest absolute Gasteiger partial charge is 0.475 e. The summed E-state index contributed by atoms with van der Waals surface area (Å²) in [5.41, 5.74) is 3.33. The number of aromatic nitrogens is 2. The number of carbonyl (C=O) groups is 2. The van der Waals surface area contributed by atoms with Crippen LogP contribution in [0.3, 0.4) is 0 Å². The van der Waals surface area contributed by atoms with Crippen molar-refractivity contribution in [2.75, 3.05) is 10.6 Å². The second-order valence-corrected chi connectivity index (χ2v) is 8.75. The Balaban J connectivity index is 0.000000587. The maximum absolute atomic E-state index is 13.5. The van der Waals surface area contributed by atoms with E-state index < -0.39 is 18.2 Å². The zero-order valence-electron chi connectivity index (χ0n) is 21.8. The summed E-state index contributed by atoms with van der Waals surface area (Å²) in [6.45, 7) is 2.10. The Hall–Kier alpha value is -5.00. The predicted octanol–water partition coefficient (Wildman–Crippen LogP) is 5.64. The fourth-order valence-corrected chi connectivity index (χ4v) is 3.55. The number of alkyl halides is 3. The first kappa shape index (κ1) is 30.5. The van der Waals surface area contributed by atoms with Crippen LogP contribution in [0.25, 0.3) is 0 Å². The lowest BCUT2D eigenvalue weighted by Crippen LogP contribution is -2.41. The molecule has 3 aromatic carbocycles. The highest BCUT2D eigenvalue weighted by Crippen LogP contribution is 2.17. The number of anilines is 3. The predicted molar refractivity (Wildman–Crippen MR) is 146 cm³/mol. The van der Waals surface area contributed by atoms with Crippen LogP contribution in [0.5, 0.6) is 0 Å². The van der Waals surface area contributed by atoms with E-state index >= 15 is 0 Å². The highest BCUT2D eigenvalue weighted by Gasteiger charge is 2.38. The number of rotatable bonds is 9. The van der Waals surface area contributed by atoms with E-state index in [1.54, 1.807) is 18.2 Å². The van der Waals surface area contributed by atoms with E-state index in [9.17, 15) is 22.4 Å². The lowest BCUT2D eigenvalue weighted by Gasteiger charge is -2.20. The number of halogens is 4. The van der Waals surface area contributed by atoms with E-state index in [2.05, 4.69) is 25.9 Å². The van der Waals surface area contributed by atoms with Gasteiger partial charge in [0.15, 0.2) is 0 Å². The van der Waals surface area contributed by atoms with Crippen molar-refractivity contribution in [3.8, 4) is 0 Å². The van der Waals surface area contributed by atoms with Gasteiger partial charge in [0.25, 0.3) is 0 Å². The van der Waals surface area contributed by atoms with Crippen molar-refractivity contribution in [1.82, 2.24) is 15.3 Å². The van der Waals surface area contributed by atoms with Gasteiger partial charge in [0, 0.05) is 30.4 Å². The Morgan fingerprint density at radius 2 is 1.49 bits per heavy atom. The second kappa shape index (κ2) is 14.4. The van der Waals surface area contributed by atoms with Crippen molar-refractivity contribution in [2.45, 2.75) is 32.1 Å². The minimum absolute atomic E-state index is 0.207. The molecule has 4 rings (SSSR count). The molecule has 1 atom stereocenters. The number of aryl methyl sites for hydroxylation is 1. The van der Waals surface area contributed by atoms with E-state index in [4.69, 9.17) is 9.90 Å². The third-order valence-corrected chi connectivity index (χ3v) is 5.40. The summed E-state index contributed by atoms with van der Waals surface area (Å²) in [5, 5.41) is 16.5. The molecule has 0 spiro atoms. The molecule has 0 bridgehead atoms. The highest BCUT2D eigenvalue weighted by molar-refractivity contribution is 5.84. The molecule has 0 aliphatic rings. The molecular weight excluding hydrogens is 542 g/mol. The molecule has 0 aliphatic heterocycles. The number of benzene rings is 3. The first-order valence-corrected chi connectivity index (χ1v) is 12.3.